The highest BCUT2D eigenvalue weighted by Crippen LogP contribution is 2.25. The highest BCUT2D eigenvalue weighted by Gasteiger charge is 2.23. The number of aromatic nitrogens is 1. The molecule has 1 amide bonds. The second-order valence-corrected chi connectivity index (χ2v) is 8.01. The van der Waals surface area contributed by atoms with Crippen LogP contribution in [0, 0.1) is 12.7 Å². The third kappa shape index (κ3) is 5.13. The first-order valence-electron chi connectivity index (χ1n) is 9.49. The van der Waals surface area contributed by atoms with Gasteiger partial charge < -0.3 is 15.5 Å². The summed E-state index contributed by atoms with van der Waals surface area (Å²) in [5, 5.41) is 6.72. The Hall–Kier alpha value is -2.34. The van der Waals surface area contributed by atoms with E-state index >= 15 is 0 Å². The van der Waals surface area contributed by atoms with Gasteiger partial charge in [0.15, 0.2) is 0 Å². The molecule has 1 saturated carbocycles. The molecule has 1 aliphatic carbocycles. The van der Waals surface area contributed by atoms with Crippen molar-refractivity contribution in [2.45, 2.75) is 44.7 Å². The molecular weight excluding hydrogens is 379 g/mol. The molecule has 5 nitrogen and oxygen atoms in total. The van der Waals surface area contributed by atoms with Crippen molar-refractivity contribution in [3.8, 4) is 0 Å². The van der Waals surface area contributed by atoms with Crippen molar-refractivity contribution in [2.24, 2.45) is 0 Å². The molecule has 28 heavy (non-hydrogen) atoms. The molecular formula is C21H26ClFN4O. The van der Waals surface area contributed by atoms with E-state index in [1.807, 2.05) is 27.2 Å². The maximum absolute atomic E-state index is 13.4. The minimum Gasteiger partial charge on any atom is -0.377 e. The molecule has 0 spiro atoms. The summed E-state index contributed by atoms with van der Waals surface area (Å²) in [5.74, 6) is 0.0815. The summed E-state index contributed by atoms with van der Waals surface area (Å²) in [7, 11) is 4.04. The number of carbonyl (C=O) groups excluding carboxylic acids is 1. The van der Waals surface area contributed by atoms with E-state index in [1.165, 1.54) is 18.2 Å². The number of nitrogens with one attached hydrogen (secondary N) is 2. The lowest BCUT2D eigenvalue weighted by atomic mass is 9.91. The Balaban J connectivity index is 1.53. The predicted octanol–water partition coefficient (Wildman–Crippen LogP) is 4.40. The number of carbonyl (C=O) groups is 1. The number of rotatable bonds is 5. The number of benzene rings is 1. The van der Waals surface area contributed by atoms with Crippen molar-refractivity contribution in [2.75, 3.05) is 24.3 Å². The van der Waals surface area contributed by atoms with Gasteiger partial charge in [-0.2, -0.15) is 0 Å². The molecule has 3 rings (SSSR count). The maximum atomic E-state index is 13.4. The third-order valence-electron chi connectivity index (χ3n) is 5.10. The van der Waals surface area contributed by atoms with E-state index in [9.17, 15) is 9.18 Å². The molecule has 1 aliphatic rings. The van der Waals surface area contributed by atoms with Crippen LogP contribution in [-0.2, 0) is 0 Å². The number of halogens is 2. The van der Waals surface area contributed by atoms with Gasteiger partial charge in [0.05, 0.1) is 0 Å². The summed E-state index contributed by atoms with van der Waals surface area (Å²) in [4.78, 5) is 18.9. The fraction of sp³-hybridized carbons (Fsp3) is 0.429. The van der Waals surface area contributed by atoms with Crippen LogP contribution < -0.4 is 15.5 Å². The number of hydrogen-bond acceptors (Lipinski definition) is 4. The van der Waals surface area contributed by atoms with E-state index in [0.717, 1.165) is 42.8 Å². The Morgan fingerprint density at radius 3 is 2.46 bits per heavy atom. The van der Waals surface area contributed by atoms with Crippen LogP contribution in [0.4, 0.5) is 15.9 Å². The van der Waals surface area contributed by atoms with E-state index in [4.69, 9.17) is 11.6 Å². The van der Waals surface area contributed by atoms with E-state index in [1.54, 1.807) is 0 Å². The largest absolute Gasteiger partial charge is 0.377 e. The molecule has 1 aromatic heterocycles. The topological polar surface area (TPSA) is 57.3 Å². The van der Waals surface area contributed by atoms with Crippen molar-refractivity contribution in [3.63, 3.8) is 0 Å². The van der Waals surface area contributed by atoms with Crippen molar-refractivity contribution in [1.82, 2.24) is 10.3 Å². The van der Waals surface area contributed by atoms with Crippen molar-refractivity contribution in [1.29, 1.82) is 0 Å². The standard InChI is InChI=1S/C21H26ClFN4O/c1-13-12-24-20(11-19(13)27(2)3)25-17-4-6-18(7-5-17)26-21(28)14-8-15(22)10-16(23)9-14/h8-12,17-18H,4-7H2,1-3H3,(H,24,25)(H,26,28). The zero-order valence-corrected chi connectivity index (χ0v) is 17.2. The molecule has 0 unspecified atom stereocenters. The first-order chi connectivity index (χ1) is 13.3. The SMILES string of the molecule is Cc1cnc(NC2CCC(NC(=O)c3cc(F)cc(Cl)c3)CC2)cc1N(C)C. The average molecular weight is 405 g/mol. The zero-order valence-electron chi connectivity index (χ0n) is 16.4. The van der Waals surface area contributed by atoms with Gasteiger partial charge in [0.2, 0.25) is 0 Å². The molecule has 2 aromatic rings. The summed E-state index contributed by atoms with van der Waals surface area (Å²) in [6, 6.07) is 6.35. The van der Waals surface area contributed by atoms with Gasteiger partial charge in [0, 0.05) is 54.7 Å². The van der Waals surface area contributed by atoms with Crippen LogP contribution >= 0.6 is 11.6 Å². The molecule has 0 atom stereocenters. The molecule has 150 valence electrons. The van der Waals surface area contributed by atoms with Gasteiger partial charge in [0.25, 0.3) is 5.91 Å². The van der Waals surface area contributed by atoms with Gasteiger partial charge in [-0.15, -0.1) is 0 Å². The minimum absolute atomic E-state index is 0.0795. The molecule has 0 aliphatic heterocycles. The Kier molecular flexibility index (Phi) is 6.39. The monoisotopic (exact) mass is 404 g/mol. The summed E-state index contributed by atoms with van der Waals surface area (Å²) in [6.45, 7) is 2.05. The minimum atomic E-state index is -0.506. The normalized spacial score (nSPS) is 19.2. The highest BCUT2D eigenvalue weighted by molar-refractivity contribution is 6.31. The smallest absolute Gasteiger partial charge is 0.251 e. The molecule has 0 radical (unpaired) electrons. The van der Waals surface area contributed by atoms with Gasteiger partial charge >= 0.3 is 0 Å². The van der Waals surface area contributed by atoms with E-state index < -0.39 is 5.82 Å². The van der Waals surface area contributed by atoms with Crippen molar-refractivity contribution in [3.05, 3.63) is 52.4 Å². The maximum Gasteiger partial charge on any atom is 0.251 e. The Morgan fingerprint density at radius 1 is 1.14 bits per heavy atom. The molecule has 0 saturated heterocycles. The fourth-order valence-corrected chi connectivity index (χ4v) is 3.84. The van der Waals surface area contributed by atoms with E-state index in [-0.39, 0.29) is 22.5 Å². The van der Waals surface area contributed by atoms with Crippen LogP contribution in [0.25, 0.3) is 0 Å². The summed E-state index contributed by atoms with van der Waals surface area (Å²) < 4.78 is 13.4. The van der Waals surface area contributed by atoms with Gasteiger partial charge in [0.1, 0.15) is 11.6 Å². The van der Waals surface area contributed by atoms with Gasteiger partial charge in [-0.1, -0.05) is 11.6 Å². The van der Waals surface area contributed by atoms with Gasteiger partial charge in [-0.25, -0.2) is 9.37 Å². The fourth-order valence-electron chi connectivity index (χ4n) is 3.62. The lowest BCUT2D eigenvalue weighted by Crippen LogP contribution is -2.40. The third-order valence-corrected chi connectivity index (χ3v) is 5.31. The molecule has 2 N–H and O–H groups in total. The van der Waals surface area contributed by atoms with Crippen LogP contribution in [0.3, 0.4) is 0 Å². The van der Waals surface area contributed by atoms with Crippen LogP contribution in [0.5, 0.6) is 0 Å². The average Bonchev–Trinajstić information content (AvgIpc) is 2.64. The summed E-state index contributed by atoms with van der Waals surface area (Å²) in [5.41, 5.74) is 2.54. The molecule has 1 aromatic carbocycles. The van der Waals surface area contributed by atoms with Crippen LogP contribution in [0.2, 0.25) is 5.02 Å². The van der Waals surface area contributed by atoms with Gasteiger partial charge in [-0.05, 0) is 56.4 Å². The summed E-state index contributed by atoms with van der Waals surface area (Å²) >= 11 is 5.84. The zero-order chi connectivity index (χ0) is 20.3. The van der Waals surface area contributed by atoms with Crippen LogP contribution in [0.15, 0.2) is 30.5 Å². The first-order valence-corrected chi connectivity index (χ1v) is 9.87. The first kappa shape index (κ1) is 20.4. The van der Waals surface area contributed by atoms with E-state index in [2.05, 4.69) is 26.6 Å². The number of pyridine rings is 1. The summed E-state index contributed by atoms with van der Waals surface area (Å²) in [6.07, 6.45) is 5.47. The van der Waals surface area contributed by atoms with E-state index in [0.29, 0.717) is 6.04 Å². The second kappa shape index (κ2) is 8.78. The van der Waals surface area contributed by atoms with Crippen LogP contribution in [0.1, 0.15) is 41.6 Å². The molecule has 1 heterocycles. The predicted molar refractivity (Wildman–Crippen MR) is 112 cm³/mol. The quantitative estimate of drug-likeness (QED) is 0.775. The Bertz CT molecular complexity index is 830. The lowest BCUT2D eigenvalue weighted by Gasteiger charge is -2.30. The highest BCUT2D eigenvalue weighted by atomic mass is 35.5. The Labute approximate surface area is 170 Å². The van der Waals surface area contributed by atoms with Crippen LogP contribution in [-0.4, -0.2) is 37.1 Å². The second-order valence-electron chi connectivity index (χ2n) is 7.57. The van der Waals surface area contributed by atoms with Gasteiger partial charge in [-0.3, -0.25) is 4.79 Å². The lowest BCUT2D eigenvalue weighted by molar-refractivity contribution is 0.0926. The van der Waals surface area contributed by atoms with Crippen molar-refractivity contribution >= 4 is 29.0 Å². The number of aryl methyl sites for hydroxylation is 1. The molecule has 7 heteroatoms. The number of hydrogen-bond donors (Lipinski definition) is 2. The van der Waals surface area contributed by atoms with Crippen molar-refractivity contribution < 1.29 is 9.18 Å². The molecule has 1 fully saturated rings. The number of amides is 1. The molecule has 0 bridgehead atoms. The number of nitrogens with zero attached hydrogens (tertiary/aromatic N) is 2. The number of anilines is 2. The Morgan fingerprint density at radius 2 is 1.82 bits per heavy atom.